The van der Waals surface area contributed by atoms with E-state index in [1.54, 1.807) is 7.05 Å². The molecule has 0 bridgehead atoms. The molecular weight excluding hydrogens is 321 g/mol. The summed E-state index contributed by atoms with van der Waals surface area (Å²) >= 11 is 0. The minimum Gasteiger partial charge on any atom is -0.356 e. The monoisotopic (exact) mass is 346 g/mol. The van der Waals surface area contributed by atoms with Gasteiger partial charge in [-0.05, 0) is 12.0 Å². The van der Waals surface area contributed by atoms with Gasteiger partial charge in [0, 0.05) is 32.9 Å². The standard InChI is InChI=1S/C15H25F3N6/c1-4-11(5-2)10-23-13(19-3)21-8-9-22-14-20-7-6-12(24-14)15(16,17)18/h6-7,11H,4-5,8-10H2,1-3H3,(H2,19,21,23)(H,20,22,24). The Bertz CT molecular complexity index is 514. The number of anilines is 1. The lowest BCUT2D eigenvalue weighted by atomic mass is 10.0. The first-order valence-corrected chi connectivity index (χ1v) is 7.99. The van der Waals surface area contributed by atoms with Crippen molar-refractivity contribution in [1.82, 2.24) is 20.6 Å². The van der Waals surface area contributed by atoms with Crippen LogP contribution >= 0.6 is 0 Å². The molecule has 0 aliphatic carbocycles. The maximum absolute atomic E-state index is 12.6. The summed E-state index contributed by atoms with van der Waals surface area (Å²) < 4.78 is 37.7. The van der Waals surface area contributed by atoms with Crippen molar-refractivity contribution in [2.45, 2.75) is 32.9 Å². The van der Waals surface area contributed by atoms with Crippen molar-refractivity contribution in [2.24, 2.45) is 10.9 Å². The summed E-state index contributed by atoms with van der Waals surface area (Å²) in [6.07, 6.45) is -1.20. The van der Waals surface area contributed by atoms with Gasteiger partial charge in [-0.2, -0.15) is 13.2 Å². The topological polar surface area (TPSA) is 74.2 Å². The van der Waals surface area contributed by atoms with Crippen LogP contribution in [0.5, 0.6) is 0 Å². The molecule has 3 N–H and O–H groups in total. The maximum Gasteiger partial charge on any atom is 0.433 e. The van der Waals surface area contributed by atoms with Gasteiger partial charge < -0.3 is 16.0 Å². The molecule has 1 heterocycles. The fourth-order valence-corrected chi connectivity index (χ4v) is 2.00. The molecule has 9 heteroatoms. The molecule has 0 radical (unpaired) electrons. The summed E-state index contributed by atoms with van der Waals surface area (Å²) in [6.45, 7) is 5.96. The van der Waals surface area contributed by atoms with Crippen LogP contribution in [0.3, 0.4) is 0 Å². The summed E-state index contributed by atoms with van der Waals surface area (Å²) in [5.41, 5.74) is -0.962. The number of aliphatic imine (C=N–C) groups is 1. The number of nitrogens with zero attached hydrogens (tertiary/aromatic N) is 3. The molecule has 0 spiro atoms. The molecule has 0 aliphatic heterocycles. The SMILES string of the molecule is CCC(CC)CNC(=NC)NCCNc1nccc(C(F)(F)F)n1. The molecule has 0 aromatic carbocycles. The second-order valence-corrected chi connectivity index (χ2v) is 5.25. The molecule has 0 unspecified atom stereocenters. The van der Waals surface area contributed by atoms with Crippen LogP contribution in [0.4, 0.5) is 19.1 Å². The van der Waals surface area contributed by atoms with Crippen LogP contribution in [-0.2, 0) is 6.18 Å². The van der Waals surface area contributed by atoms with E-state index in [0.717, 1.165) is 31.6 Å². The first-order chi connectivity index (χ1) is 11.4. The predicted molar refractivity (Wildman–Crippen MR) is 89.0 cm³/mol. The Balaban J connectivity index is 2.37. The van der Waals surface area contributed by atoms with Gasteiger partial charge in [0.15, 0.2) is 5.96 Å². The number of alkyl halides is 3. The van der Waals surface area contributed by atoms with E-state index in [1.165, 1.54) is 0 Å². The Labute approximate surface area is 140 Å². The van der Waals surface area contributed by atoms with Gasteiger partial charge in [-0.15, -0.1) is 0 Å². The number of aromatic nitrogens is 2. The summed E-state index contributed by atoms with van der Waals surface area (Å²) in [7, 11) is 1.67. The third kappa shape index (κ3) is 7.01. The van der Waals surface area contributed by atoms with E-state index >= 15 is 0 Å². The van der Waals surface area contributed by atoms with Gasteiger partial charge in [-0.1, -0.05) is 26.7 Å². The van der Waals surface area contributed by atoms with Gasteiger partial charge in [-0.25, -0.2) is 9.97 Å². The molecule has 24 heavy (non-hydrogen) atoms. The molecule has 136 valence electrons. The van der Waals surface area contributed by atoms with E-state index < -0.39 is 11.9 Å². The molecule has 0 fully saturated rings. The van der Waals surface area contributed by atoms with E-state index in [9.17, 15) is 13.2 Å². The van der Waals surface area contributed by atoms with E-state index in [4.69, 9.17) is 0 Å². The second kappa shape index (κ2) is 9.94. The lowest BCUT2D eigenvalue weighted by Crippen LogP contribution is -2.41. The number of halogens is 3. The summed E-state index contributed by atoms with van der Waals surface area (Å²) in [5.74, 6) is 1.19. The number of hydrogen-bond donors (Lipinski definition) is 3. The van der Waals surface area contributed by atoms with Gasteiger partial charge in [0.05, 0.1) is 0 Å². The zero-order valence-corrected chi connectivity index (χ0v) is 14.2. The van der Waals surface area contributed by atoms with E-state index in [2.05, 4.69) is 44.8 Å². The Morgan fingerprint density at radius 3 is 2.50 bits per heavy atom. The van der Waals surface area contributed by atoms with Crippen LogP contribution in [0.2, 0.25) is 0 Å². The van der Waals surface area contributed by atoms with Gasteiger partial charge in [-0.3, -0.25) is 4.99 Å². The highest BCUT2D eigenvalue weighted by Gasteiger charge is 2.32. The smallest absolute Gasteiger partial charge is 0.356 e. The molecule has 0 amide bonds. The Morgan fingerprint density at radius 2 is 1.92 bits per heavy atom. The third-order valence-electron chi connectivity index (χ3n) is 3.58. The van der Waals surface area contributed by atoms with Gasteiger partial charge in [0.1, 0.15) is 5.69 Å². The number of rotatable bonds is 8. The van der Waals surface area contributed by atoms with Crippen molar-refractivity contribution >= 4 is 11.9 Å². The highest BCUT2D eigenvalue weighted by molar-refractivity contribution is 5.79. The second-order valence-electron chi connectivity index (χ2n) is 5.25. The Kier molecular flexibility index (Phi) is 8.28. The van der Waals surface area contributed by atoms with Crippen LogP contribution < -0.4 is 16.0 Å². The highest BCUT2D eigenvalue weighted by Crippen LogP contribution is 2.27. The minimum absolute atomic E-state index is 0.0494. The molecule has 0 saturated carbocycles. The van der Waals surface area contributed by atoms with Gasteiger partial charge in [0.2, 0.25) is 5.95 Å². The van der Waals surface area contributed by atoms with Crippen molar-refractivity contribution in [3.8, 4) is 0 Å². The van der Waals surface area contributed by atoms with Crippen LogP contribution in [0, 0.1) is 5.92 Å². The van der Waals surface area contributed by atoms with Crippen molar-refractivity contribution < 1.29 is 13.2 Å². The lowest BCUT2D eigenvalue weighted by molar-refractivity contribution is -0.141. The van der Waals surface area contributed by atoms with Crippen LogP contribution in [0.15, 0.2) is 17.3 Å². The number of guanidine groups is 1. The van der Waals surface area contributed by atoms with E-state index in [1.807, 2.05) is 0 Å². The molecule has 0 aliphatic rings. The van der Waals surface area contributed by atoms with Crippen LogP contribution in [-0.4, -0.2) is 42.6 Å². The summed E-state index contributed by atoms with van der Waals surface area (Å²) in [4.78, 5) is 11.3. The average Bonchev–Trinajstić information content (AvgIpc) is 2.57. The average molecular weight is 346 g/mol. The van der Waals surface area contributed by atoms with Crippen LogP contribution in [0.25, 0.3) is 0 Å². The largest absolute Gasteiger partial charge is 0.433 e. The highest BCUT2D eigenvalue weighted by atomic mass is 19.4. The Hall–Kier alpha value is -2.06. The zero-order valence-electron chi connectivity index (χ0n) is 14.2. The normalized spacial score (nSPS) is 12.4. The molecule has 0 saturated heterocycles. The fraction of sp³-hybridized carbons (Fsp3) is 0.667. The lowest BCUT2D eigenvalue weighted by Gasteiger charge is -2.16. The van der Waals surface area contributed by atoms with E-state index in [-0.39, 0.29) is 5.95 Å². The molecule has 1 aromatic rings. The first-order valence-electron chi connectivity index (χ1n) is 7.99. The number of nitrogens with one attached hydrogen (secondary N) is 3. The third-order valence-corrected chi connectivity index (χ3v) is 3.58. The molecular formula is C15H25F3N6. The molecule has 0 atom stereocenters. The summed E-state index contributed by atoms with van der Waals surface area (Å²) in [5, 5.41) is 9.07. The van der Waals surface area contributed by atoms with E-state index in [0.29, 0.717) is 25.0 Å². The zero-order chi connectivity index (χ0) is 18.0. The van der Waals surface area contributed by atoms with Gasteiger partial charge >= 0.3 is 6.18 Å². The Morgan fingerprint density at radius 1 is 1.21 bits per heavy atom. The van der Waals surface area contributed by atoms with Crippen molar-refractivity contribution in [2.75, 3.05) is 32.0 Å². The fourth-order valence-electron chi connectivity index (χ4n) is 2.00. The number of hydrogen-bond acceptors (Lipinski definition) is 4. The summed E-state index contributed by atoms with van der Waals surface area (Å²) in [6, 6.07) is 0.840. The van der Waals surface area contributed by atoms with Crippen LogP contribution in [0.1, 0.15) is 32.4 Å². The minimum atomic E-state index is -4.47. The molecule has 6 nitrogen and oxygen atoms in total. The quantitative estimate of drug-likeness (QED) is 0.383. The maximum atomic E-state index is 12.6. The molecule has 1 aromatic heterocycles. The van der Waals surface area contributed by atoms with Crippen molar-refractivity contribution in [1.29, 1.82) is 0 Å². The van der Waals surface area contributed by atoms with Gasteiger partial charge in [0.25, 0.3) is 0 Å². The predicted octanol–water partition coefficient (Wildman–Crippen LogP) is 2.51. The molecule has 1 rings (SSSR count). The van der Waals surface area contributed by atoms with Crippen molar-refractivity contribution in [3.05, 3.63) is 18.0 Å². The van der Waals surface area contributed by atoms with Crippen molar-refractivity contribution in [3.63, 3.8) is 0 Å². The first kappa shape index (κ1) is 20.0.